The fourth-order valence-corrected chi connectivity index (χ4v) is 4.27. The molecule has 0 fully saturated rings. The zero-order valence-electron chi connectivity index (χ0n) is 18.1. The minimum atomic E-state index is -0.942. The van der Waals surface area contributed by atoms with Gasteiger partial charge in [-0.05, 0) is 31.3 Å². The predicted octanol–water partition coefficient (Wildman–Crippen LogP) is 1.14. The molecule has 2 aromatic rings. The maximum atomic E-state index is 12.8. The molecule has 0 spiro atoms. The Hall–Kier alpha value is -2.93. The summed E-state index contributed by atoms with van der Waals surface area (Å²) in [6.45, 7) is 1.55. The summed E-state index contributed by atoms with van der Waals surface area (Å²) in [6.07, 6.45) is 0.790. The highest BCUT2D eigenvalue weighted by Gasteiger charge is 2.26. The molecule has 1 unspecified atom stereocenters. The zero-order valence-corrected chi connectivity index (χ0v) is 19.6. The van der Waals surface area contributed by atoms with Crippen LogP contribution < -0.4 is 10.6 Å². The van der Waals surface area contributed by atoms with Crippen molar-refractivity contribution in [1.82, 2.24) is 25.4 Å². The van der Waals surface area contributed by atoms with Crippen molar-refractivity contribution in [3.8, 4) is 11.8 Å². The Morgan fingerprint density at radius 2 is 2.00 bits per heavy atom. The monoisotopic (exact) mass is 473 g/mol. The zero-order chi connectivity index (χ0) is 23.3. The van der Waals surface area contributed by atoms with Gasteiger partial charge < -0.3 is 20.4 Å². The number of rotatable bonds is 5. The molecular formula is C22H24ClN5O3S. The van der Waals surface area contributed by atoms with Crippen LogP contribution in [0.25, 0.3) is 0 Å². The van der Waals surface area contributed by atoms with Crippen LogP contribution in [0.5, 0.6) is 0 Å². The molecule has 1 aliphatic rings. The van der Waals surface area contributed by atoms with Gasteiger partial charge in [0, 0.05) is 61.5 Å². The van der Waals surface area contributed by atoms with Gasteiger partial charge in [-0.25, -0.2) is 4.98 Å². The van der Waals surface area contributed by atoms with E-state index in [0.717, 1.165) is 30.1 Å². The van der Waals surface area contributed by atoms with Crippen LogP contribution in [0.2, 0.25) is 5.02 Å². The fourth-order valence-electron chi connectivity index (χ4n) is 3.05. The van der Waals surface area contributed by atoms with Crippen molar-refractivity contribution in [3.63, 3.8) is 0 Å². The van der Waals surface area contributed by atoms with Crippen molar-refractivity contribution in [1.29, 1.82) is 0 Å². The second-order valence-corrected chi connectivity index (χ2v) is 9.12. The summed E-state index contributed by atoms with van der Waals surface area (Å²) in [5, 5.41) is 6.18. The second-order valence-electron chi connectivity index (χ2n) is 7.60. The average Bonchev–Trinajstić information content (AvgIpc) is 3.18. The Morgan fingerprint density at radius 3 is 2.69 bits per heavy atom. The van der Waals surface area contributed by atoms with Crippen LogP contribution in [0.1, 0.15) is 25.9 Å². The third kappa shape index (κ3) is 6.29. The maximum Gasteiger partial charge on any atom is 0.296 e. The van der Waals surface area contributed by atoms with Gasteiger partial charge in [0.2, 0.25) is 5.91 Å². The lowest BCUT2D eigenvalue weighted by atomic mass is 10.2. The average molecular weight is 474 g/mol. The summed E-state index contributed by atoms with van der Waals surface area (Å²) in [6, 6.07) is 5.82. The first kappa shape index (κ1) is 23.7. The quantitative estimate of drug-likeness (QED) is 0.635. The van der Waals surface area contributed by atoms with E-state index < -0.39 is 17.9 Å². The lowest BCUT2D eigenvalue weighted by Gasteiger charge is -2.21. The first-order valence-corrected chi connectivity index (χ1v) is 11.2. The molecule has 8 nitrogen and oxygen atoms in total. The number of nitrogens with one attached hydrogen (secondary N) is 2. The van der Waals surface area contributed by atoms with Gasteiger partial charge in [-0.2, -0.15) is 0 Å². The normalized spacial score (nSPS) is 13.9. The summed E-state index contributed by atoms with van der Waals surface area (Å²) < 4.78 is 0. The van der Waals surface area contributed by atoms with E-state index in [0.29, 0.717) is 15.6 Å². The molecule has 1 aliphatic heterocycles. The number of hydrogen-bond donors (Lipinski definition) is 2. The highest BCUT2D eigenvalue weighted by molar-refractivity contribution is 7.13. The van der Waals surface area contributed by atoms with Crippen LogP contribution in [0.4, 0.5) is 0 Å². The second kappa shape index (κ2) is 10.6. The van der Waals surface area contributed by atoms with Crippen LogP contribution in [0, 0.1) is 11.8 Å². The van der Waals surface area contributed by atoms with E-state index in [1.165, 1.54) is 16.2 Å². The van der Waals surface area contributed by atoms with Crippen LogP contribution in [-0.2, 0) is 22.6 Å². The van der Waals surface area contributed by atoms with Crippen molar-refractivity contribution < 1.29 is 14.4 Å². The van der Waals surface area contributed by atoms with E-state index in [-0.39, 0.29) is 12.5 Å². The third-order valence-electron chi connectivity index (χ3n) is 4.79. The highest BCUT2D eigenvalue weighted by atomic mass is 35.5. The number of carbonyl (C=O) groups is 3. The number of likely N-dealkylation sites (N-methyl/N-ethyl adjacent to an activating group) is 2. The van der Waals surface area contributed by atoms with Gasteiger partial charge in [-0.15, -0.1) is 11.3 Å². The molecular weight excluding hydrogens is 450 g/mol. The van der Waals surface area contributed by atoms with E-state index in [4.69, 9.17) is 11.6 Å². The van der Waals surface area contributed by atoms with Gasteiger partial charge in [-0.3, -0.25) is 14.4 Å². The summed E-state index contributed by atoms with van der Waals surface area (Å²) in [5.41, 5.74) is 1.57. The number of amides is 3. The molecule has 1 aromatic carbocycles. The number of fused-ring (bicyclic) bond motifs is 1. The minimum absolute atomic E-state index is 0.0925. The Balaban J connectivity index is 1.64. The van der Waals surface area contributed by atoms with Crippen molar-refractivity contribution in [2.24, 2.45) is 0 Å². The van der Waals surface area contributed by atoms with E-state index in [2.05, 4.69) is 32.4 Å². The minimum Gasteiger partial charge on any atom is -0.347 e. The molecule has 1 aromatic heterocycles. The molecule has 32 heavy (non-hydrogen) atoms. The van der Waals surface area contributed by atoms with Crippen molar-refractivity contribution in [2.75, 3.05) is 34.2 Å². The lowest BCUT2D eigenvalue weighted by Crippen LogP contribution is -2.52. The van der Waals surface area contributed by atoms with Gasteiger partial charge in [-0.1, -0.05) is 17.5 Å². The predicted molar refractivity (Wildman–Crippen MR) is 123 cm³/mol. The largest absolute Gasteiger partial charge is 0.347 e. The molecule has 2 N–H and O–H groups in total. The molecule has 0 saturated heterocycles. The molecule has 0 aliphatic carbocycles. The van der Waals surface area contributed by atoms with Gasteiger partial charge in [0.15, 0.2) is 5.01 Å². The fraction of sp³-hybridized carbons (Fsp3) is 0.364. The van der Waals surface area contributed by atoms with Gasteiger partial charge in [0.1, 0.15) is 6.04 Å². The van der Waals surface area contributed by atoms with Crippen LogP contribution in [-0.4, -0.2) is 72.8 Å². The van der Waals surface area contributed by atoms with Crippen LogP contribution >= 0.6 is 22.9 Å². The Kier molecular flexibility index (Phi) is 7.85. The molecule has 0 saturated carbocycles. The topological polar surface area (TPSA) is 94.6 Å². The first-order chi connectivity index (χ1) is 15.2. The Labute approximate surface area is 195 Å². The molecule has 1 atom stereocenters. The van der Waals surface area contributed by atoms with E-state index in [9.17, 15) is 14.4 Å². The number of benzene rings is 1. The Bertz CT molecular complexity index is 1070. The van der Waals surface area contributed by atoms with Gasteiger partial charge in [0.25, 0.3) is 11.8 Å². The molecule has 2 heterocycles. The maximum absolute atomic E-state index is 12.8. The number of nitrogens with zero attached hydrogens (tertiary/aromatic N) is 3. The van der Waals surface area contributed by atoms with Crippen molar-refractivity contribution in [3.05, 3.63) is 50.4 Å². The lowest BCUT2D eigenvalue weighted by molar-refractivity contribution is -0.130. The molecule has 168 valence electrons. The van der Waals surface area contributed by atoms with Gasteiger partial charge >= 0.3 is 0 Å². The molecule has 10 heteroatoms. The van der Waals surface area contributed by atoms with Crippen molar-refractivity contribution >= 4 is 40.7 Å². The van der Waals surface area contributed by atoms with Crippen molar-refractivity contribution in [2.45, 2.75) is 19.0 Å². The summed E-state index contributed by atoms with van der Waals surface area (Å²) in [5.74, 6) is 3.86. The molecule has 0 bridgehead atoms. The van der Waals surface area contributed by atoms with Gasteiger partial charge in [0.05, 0.1) is 5.69 Å². The number of thiazole rings is 1. The Morgan fingerprint density at radius 1 is 1.28 bits per heavy atom. The molecule has 3 amide bonds. The van der Waals surface area contributed by atoms with E-state index >= 15 is 0 Å². The highest BCUT2D eigenvalue weighted by Crippen LogP contribution is 2.24. The molecule has 3 rings (SSSR count). The standard InChI is InChI=1S/C22H24ClN5O3S/c1-27(2)22(31)17(12-24-19(29)9-6-14-4-7-15(23)8-5-14)25-20(30)21-26-16-10-11-28(3)13-18(16)32-21/h4-5,7-8,17H,10-13H2,1-3H3,(H,24,29)(H,25,30). The number of halogens is 1. The SMILES string of the molecule is CN1CCc2nc(C(=O)NC(CNC(=O)C#Cc3ccc(Cl)cc3)C(=O)N(C)C)sc2C1. The number of hydrogen-bond acceptors (Lipinski definition) is 6. The van der Waals surface area contributed by atoms with Crippen LogP contribution in [0.3, 0.4) is 0 Å². The number of carbonyl (C=O) groups excluding carboxylic acids is 3. The third-order valence-corrected chi connectivity index (χ3v) is 6.13. The molecule has 0 radical (unpaired) electrons. The summed E-state index contributed by atoms with van der Waals surface area (Å²) in [7, 11) is 5.19. The summed E-state index contributed by atoms with van der Waals surface area (Å²) in [4.78, 5) is 46.5. The van der Waals surface area contributed by atoms with E-state index in [1.54, 1.807) is 38.4 Å². The summed E-state index contributed by atoms with van der Waals surface area (Å²) >= 11 is 7.16. The number of aromatic nitrogens is 1. The smallest absolute Gasteiger partial charge is 0.296 e. The van der Waals surface area contributed by atoms with E-state index in [1.807, 2.05) is 7.05 Å². The van der Waals surface area contributed by atoms with Crippen LogP contribution in [0.15, 0.2) is 24.3 Å². The first-order valence-electron chi connectivity index (χ1n) is 9.97.